The van der Waals surface area contributed by atoms with Gasteiger partial charge in [0, 0.05) is 72.6 Å². The van der Waals surface area contributed by atoms with Gasteiger partial charge >= 0.3 is 0 Å². The van der Waals surface area contributed by atoms with E-state index in [2.05, 4.69) is 46.4 Å². The Labute approximate surface area is 184 Å². The van der Waals surface area contributed by atoms with E-state index < -0.39 is 0 Å². The summed E-state index contributed by atoms with van der Waals surface area (Å²) in [6.07, 6.45) is 3.46. The number of unbranched alkanes of at least 4 members (excludes halogenated alkanes) is 1. The third-order valence-electron chi connectivity index (χ3n) is 4.77. The Hall–Kier alpha value is -0.160. The van der Waals surface area contributed by atoms with Crippen molar-refractivity contribution in [1.29, 1.82) is 0 Å². The van der Waals surface area contributed by atoms with Crippen molar-refractivity contribution in [3.63, 3.8) is 0 Å². The lowest BCUT2D eigenvalue weighted by molar-refractivity contribution is 0.152. The van der Waals surface area contributed by atoms with E-state index in [4.69, 9.17) is 9.73 Å². The quantitative estimate of drug-likeness (QED) is 0.172. The van der Waals surface area contributed by atoms with Gasteiger partial charge in [-0.15, -0.1) is 24.0 Å². The molecule has 0 aromatic heterocycles. The van der Waals surface area contributed by atoms with Crippen molar-refractivity contribution in [1.82, 2.24) is 25.3 Å². The van der Waals surface area contributed by atoms with Crippen molar-refractivity contribution in [3.05, 3.63) is 0 Å². The number of halogens is 1. The minimum Gasteiger partial charge on any atom is -0.385 e. The van der Waals surface area contributed by atoms with E-state index in [1.807, 2.05) is 0 Å². The van der Waals surface area contributed by atoms with Crippen molar-refractivity contribution in [2.75, 3.05) is 93.3 Å². The Bertz CT molecular complexity index is 364. The first-order valence-corrected chi connectivity index (χ1v) is 10.3. The van der Waals surface area contributed by atoms with E-state index in [1.165, 1.54) is 39.1 Å². The SMILES string of the molecule is CCNC(=NCCCCN1CCN(C)CC1)NCCN(C)CCCOC.I. The van der Waals surface area contributed by atoms with Gasteiger partial charge in [0.2, 0.25) is 0 Å². The van der Waals surface area contributed by atoms with Crippen molar-refractivity contribution >= 4 is 29.9 Å². The van der Waals surface area contributed by atoms with Crippen LogP contribution in [0.25, 0.3) is 0 Å². The monoisotopic (exact) mass is 498 g/mol. The topological polar surface area (TPSA) is 55.4 Å². The normalized spacial score (nSPS) is 16.4. The number of guanidine groups is 1. The van der Waals surface area contributed by atoms with Crippen molar-refractivity contribution in [2.24, 2.45) is 4.99 Å². The highest BCUT2D eigenvalue weighted by Gasteiger charge is 2.12. The zero-order valence-corrected chi connectivity index (χ0v) is 20.3. The molecule has 27 heavy (non-hydrogen) atoms. The predicted molar refractivity (Wildman–Crippen MR) is 127 cm³/mol. The molecule has 0 aliphatic carbocycles. The molecule has 1 saturated heterocycles. The second kappa shape index (κ2) is 17.9. The first-order chi connectivity index (χ1) is 12.7. The molecule has 2 N–H and O–H groups in total. The number of piperazine rings is 1. The molecule has 0 unspecified atom stereocenters. The average Bonchev–Trinajstić information content (AvgIpc) is 2.63. The minimum absolute atomic E-state index is 0. The van der Waals surface area contributed by atoms with Gasteiger partial charge in [-0.05, 0) is 46.8 Å². The maximum absolute atomic E-state index is 5.10. The lowest BCUT2D eigenvalue weighted by atomic mass is 10.2. The van der Waals surface area contributed by atoms with Gasteiger partial charge < -0.3 is 30.1 Å². The van der Waals surface area contributed by atoms with Gasteiger partial charge in [0.15, 0.2) is 5.96 Å². The molecule has 0 aromatic rings. The number of rotatable bonds is 13. The number of ether oxygens (including phenoxy) is 1. The number of methoxy groups -OCH3 is 1. The van der Waals surface area contributed by atoms with Crippen molar-refractivity contribution in [3.8, 4) is 0 Å². The summed E-state index contributed by atoms with van der Waals surface area (Å²) in [5, 5.41) is 6.78. The molecular weight excluding hydrogens is 455 g/mol. The summed E-state index contributed by atoms with van der Waals surface area (Å²) in [4.78, 5) is 12.0. The zero-order valence-electron chi connectivity index (χ0n) is 18.0. The maximum Gasteiger partial charge on any atom is 0.191 e. The Morgan fingerprint density at radius 3 is 2.48 bits per heavy atom. The molecule has 8 heteroatoms. The van der Waals surface area contributed by atoms with E-state index >= 15 is 0 Å². The lowest BCUT2D eigenvalue weighted by Crippen LogP contribution is -2.44. The van der Waals surface area contributed by atoms with Gasteiger partial charge in [-0.3, -0.25) is 4.99 Å². The number of likely N-dealkylation sites (N-methyl/N-ethyl adjacent to an activating group) is 2. The molecule has 1 heterocycles. The Morgan fingerprint density at radius 2 is 1.81 bits per heavy atom. The molecule has 0 atom stereocenters. The fourth-order valence-corrected chi connectivity index (χ4v) is 3.01. The van der Waals surface area contributed by atoms with Crippen LogP contribution in [0.3, 0.4) is 0 Å². The van der Waals surface area contributed by atoms with Crippen LogP contribution in [0.2, 0.25) is 0 Å². The number of hydrogen-bond donors (Lipinski definition) is 2. The summed E-state index contributed by atoms with van der Waals surface area (Å²) in [5.41, 5.74) is 0. The Morgan fingerprint density at radius 1 is 1.07 bits per heavy atom. The summed E-state index contributed by atoms with van der Waals surface area (Å²) in [6, 6.07) is 0. The fraction of sp³-hybridized carbons (Fsp3) is 0.947. The lowest BCUT2D eigenvalue weighted by Gasteiger charge is -2.32. The smallest absolute Gasteiger partial charge is 0.191 e. The summed E-state index contributed by atoms with van der Waals surface area (Å²) >= 11 is 0. The van der Waals surface area contributed by atoms with E-state index in [0.29, 0.717) is 0 Å². The maximum atomic E-state index is 5.10. The van der Waals surface area contributed by atoms with Crippen LogP contribution >= 0.6 is 24.0 Å². The van der Waals surface area contributed by atoms with Gasteiger partial charge in [-0.25, -0.2) is 0 Å². The predicted octanol–water partition coefficient (Wildman–Crippen LogP) is 1.16. The molecule has 0 bridgehead atoms. The van der Waals surface area contributed by atoms with E-state index in [0.717, 1.165) is 58.1 Å². The zero-order chi connectivity index (χ0) is 19.0. The molecule has 0 spiro atoms. The fourth-order valence-electron chi connectivity index (χ4n) is 3.01. The first-order valence-electron chi connectivity index (χ1n) is 10.3. The van der Waals surface area contributed by atoms with Crippen LogP contribution < -0.4 is 10.6 Å². The highest BCUT2D eigenvalue weighted by molar-refractivity contribution is 14.0. The number of nitrogens with zero attached hydrogens (tertiary/aromatic N) is 4. The van der Waals surface area contributed by atoms with Crippen LogP contribution in [0.4, 0.5) is 0 Å². The molecule has 0 aromatic carbocycles. The second-order valence-electron chi connectivity index (χ2n) is 7.19. The highest BCUT2D eigenvalue weighted by atomic mass is 127. The standard InChI is InChI=1S/C19H42N6O.HI/c1-5-20-19(22-10-13-23(2)11-8-18-26-4)21-9-6-7-12-25-16-14-24(3)15-17-25;/h5-18H2,1-4H3,(H2,20,21,22);1H. The third kappa shape index (κ3) is 14.5. The minimum atomic E-state index is 0. The molecule has 1 aliphatic rings. The second-order valence-corrected chi connectivity index (χ2v) is 7.19. The summed E-state index contributed by atoms with van der Waals surface area (Å²) < 4.78 is 5.10. The molecule has 162 valence electrons. The van der Waals surface area contributed by atoms with Crippen LogP contribution in [0.1, 0.15) is 26.2 Å². The van der Waals surface area contributed by atoms with Gasteiger partial charge in [0.25, 0.3) is 0 Å². The highest BCUT2D eigenvalue weighted by Crippen LogP contribution is 2.01. The van der Waals surface area contributed by atoms with Crippen LogP contribution in [-0.2, 0) is 4.74 Å². The number of hydrogen-bond acceptors (Lipinski definition) is 5. The molecule has 0 amide bonds. The van der Waals surface area contributed by atoms with Gasteiger partial charge in [0.05, 0.1) is 0 Å². The summed E-state index contributed by atoms with van der Waals surface area (Å²) in [7, 11) is 6.12. The van der Waals surface area contributed by atoms with Gasteiger partial charge in [-0.1, -0.05) is 0 Å². The summed E-state index contributed by atoms with van der Waals surface area (Å²) in [6.45, 7) is 13.8. The van der Waals surface area contributed by atoms with Crippen LogP contribution in [0.15, 0.2) is 4.99 Å². The Kier molecular flexibility index (Phi) is 17.8. The van der Waals surface area contributed by atoms with Crippen molar-refractivity contribution in [2.45, 2.75) is 26.2 Å². The van der Waals surface area contributed by atoms with Crippen LogP contribution in [0, 0.1) is 0 Å². The van der Waals surface area contributed by atoms with E-state index in [-0.39, 0.29) is 24.0 Å². The number of aliphatic imine (C=N–C) groups is 1. The largest absolute Gasteiger partial charge is 0.385 e. The molecule has 1 aliphatic heterocycles. The van der Waals surface area contributed by atoms with Crippen LogP contribution in [-0.4, -0.2) is 114 Å². The van der Waals surface area contributed by atoms with Crippen molar-refractivity contribution < 1.29 is 4.74 Å². The molecule has 7 nitrogen and oxygen atoms in total. The summed E-state index contributed by atoms with van der Waals surface area (Å²) in [5.74, 6) is 0.942. The van der Waals surface area contributed by atoms with Crippen LogP contribution in [0.5, 0.6) is 0 Å². The molecule has 0 saturated carbocycles. The first kappa shape index (κ1) is 26.8. The molecule has 1 rings (SSSR count). The van der Waals surface area contributed by atoms with Gasteiger partial charge in [-0.2, -0.15) is 0 Å². The average molecular weight is 498 g/mol. The molecule has 0 radical (unpaired) electrons. The third-order valence-corrected chi connectivity index (χ3v) is 4.77. The van der Waals surface area contributed by atoms with E-state index in [1.54, 1.807) is 7.11 Å². The number of nitrogens with one attached hydrogen (secondary N) is 2. The van der Waals surface area contributed by atoms with Gasteiger partial charge in [0.1, 0.15) is 0 Å². The Balaban J connectivity index is 0.00000676. The van der Waals surface area contributed by atoms with E-state index in [9.17, 15) is 0 Å². The molecule has 1 fully saturated rings. The molecular formula is C19H43IN6O.